The first-order valence-corrected chi connectivity index (χ1v) is 4.92. The summed E-state index contributed by atoms with van der Waals surface area (Å²) in [6, 6.07) is 0. The van der Waals surface area contributed by atoms with Crippen molar-refractivity contribution in [3.05, 3.63) is 17.0 Å². The molecule has 0 saturated carbocycles. The largest absolute Gasteiger partial charge is 0.240 e. The molecule has 7 heteroatoms. The number of halogens is 2. The van der Waals surface area contributed by atoms with Crippen LogP contribution in [0.3, 0.4) is 0 Å². The van der Waals surface area contributed by atoms with Crippen LogP contribution in [0.25, 0.3) is 0 Å². The van der Waals surface area contributed by atoms with Crippen molar-refractivity contribution in [1.29, 1.82) is 4.78 Å². The van der Waals surface area contributed by atoms with E-state index in [4.69, 9.17) is 9.92 Å². The van der Waals surface area contributed by atoms with Crippen molar-refractivity contribution in [2.75, 3.05) is 0 Å². The Bertz CT molecular complexity index is 369. The van der Waals surface area contributed by atoms with Gasteiger partial charge >= 0.3 is 0 Å². The molecule has 1 aromatic heterocycles. The summed E-state index contributed by atoms with van der Waals surface area (Å²) < 4.78 is 41.6. The van der Waals surface area contributed by atoms with E-state index in [1.165, 1.54) is 0 Å². The third-order valence-electron chi connectivity index (χ3n) is 0.934. The average molecular weight is 198 g/mol. The number of nitrogens with one attached hydrogen (secondary N) is 1. The van der Waals surface area contributed by atoms with E-state index < -0.39 is 25.8 Å². The molecular formula is C4H4F2N2OS2. The lowest BCUT2D eigenvalue weighted by molar-refractivity contribution is 0.501. The molecule has 1 atom stereocenters. The molecule has 3 nitrogen and oxygen atoms in total. The highest BCUT2D eigenvalue weighted by molar-refractivity contribution is 7.92. The molecule has 1 unspecified atom stereocenters. The smallest absolute Gasteiger partial charge is 0.188 e. The van der Waals surface area contributed by atoms with Crippen LogP contribution in [0.5, 0.6) is 0 Å². The topological polar surface area (TPSA) is 66.9 Å². The zero-order valence-corrected chi connectivity index (χ0v) is 6.77. The van der Waals surface area contributed by atoms with Gasteiger partial charge in [-0.15, -0.1) is 11.3 Å². The molecule has 0 aliphatic carbocycles. The van der Waals surface area contributed by atoms with E-state index in [9.17, 15) is 13.0 Å². The van der Waals surface area contributed by atoms with E-state index in [2.05, 4.69) is 0 Å². The molecule has 1 aromatic rings. The number of rotatable bonds is 1. The van der Waals surface area contributed by atoms with Crippen LogP contribution in [-0.4, -0.2) is 4.21 Å². The monoisotopic (exact) mass is 198 g/mol. The fraction of sp³-hybridized carbons (Fsp3) is 0. The lowest BCUT2D eigenvalue weighted by Gasteiger charge is -1.93. The van der Waals surface area contributed by atoms with Gasteiger partial charge in [-0.05, 0) is 0 Å². The predicted molar refractivity (Wildman–Crippen MR) is 37.6 cm³/mol. The van der Waals surface area contributed by atoms with Gasteiger partial charge in [0.15, 0.2) is 15.8 Å². The molecule has 0 aliphatic heterocycles. The molecule has 0 aromatic carbocycles. The van der Waals surface area contributed by atoms with Gasteiger partial charge in [-0.2, -0.15) is 0 Å². The van der Waals surface area contributed by atoms with Crippen molar-refractivity contribution in [2.45, 2.75) is 4.21 Å². The van der Waals surface area contributed by atoms with Crippen LogP contribution in [0.2, 0.25) is 0 Å². The Labute approximate surface area is 65.9 Å². The van der Waals surface area contributed by atoms with E-state index in [-0.39, 0.29) is 0 Å². The summed E-state index contributed by atoms with van der Waals surface area (Å²) in [4.78, 5) is 0. The highest BCUT2D eigenvalue weighted by atomic mass is 32.2. The summed E-state index contributed by atoms with van der Waals surface area (Å²) in [6.45, 7) is 0. The maximum Gasteiger partial charge on any atom is 0.188 e. The molecule has 0 radical (unpaired) electrons. The van der Waals surface area contributed by atoms with Gasteiger partial charge in [0.05, 0.1) is 0 Å². The fourth-order valence-corrected chi connectivity index (χ4v) is 2.11. The summed E-state index contributed by atoms with van der Waals surface area (Å²) in [6.07, 6.45) is 0. The van der Waals surface area contributed by atoms with Gasteiger partial charge in [-0.1, -0.05) is 0 Å². The SMILES string of the molecule is N=S(N)(=O)c1scc(F)c1F. The first kappa shape index (κ1) is 8.57. The van der Waals surface area contributed by atoms with Crippen molar-refractivity contribution >= 4 is 21.3 Å². The number of hydrogen-bond donors (Lipinski definition) is 2. The highest BCUT2D eigenvalue weighted by Gasteiger charge is 2.17. The summed E-state index contributed by atoms with van der Waals surface area (Å²) in [5.41, 5.74) is 0. The number of nitrogens with two attached hydrogens (primary N) is 1. The Morgan fingerprint density at radius 2 is 2.18 bits per heavy atom. The van der Waals surface area contributed by atoms with Gasteiger partial charge in [-0.25, -0.2) is 22.9 Å². The molecule has 1 heterocycles. The van der Waals surface area contributed by atoms with Crippen LogP contribution in [0.1, 0.15) is 0 Å². The predicted octanol–water partition coefficient (Wildman–Crippen LogP) is 1.31. The molecule has 0 aliphatic rings. The molecule has 0 fully saturated rings. The molecule has 0 spiro atoms. The minimum Gasteiger partial charge on any atom is -0.240 e. The van der Waals surface area contributed by atoms with Crippen LogP contribution in [0.15, 0.2) is 9.59 Å². The summed E-state index contributed by atoms with van der Waals surface area (Å²) in [7, 11) is -3.61. The first-order chi connectivity index (χ1) is 4.93. The number of thiophene rings is 1. The molecule has 0 bridgehead atoms. The third kappa shape index (κ3) is 1.55. The van der Waals surface area contributed by atoms with Gasteiger partial charge in [0.2, 0.25) is 0 Å². The highest BCUT2D eigenvalue weighted by Crippen LogP contribution is 2.23. The zero-order chi connectivity index (χ0) is 8.65. The molecule has 62 valence electrons. The van der Waals surface area contributed by atoms with Crippen LogP contribution < -0.4 is 5.14 Å². The van der Waals surface area contributed by atoms with Gasteiger partial charge in [0.25, 0.3) is 0 Å². The zero-order valence-electron chi connectivity index (χ0n) is 5.14. The summed E-state index contributed by atoms with van der Waals surface area (Å²) in [5, 5.41) is 5.59. The van der Waals surface area contributed by atoms with Crippen LogP contribution in [-0.2, 0) is 9.92 Å². The van der Waals surface area contributed by atoms with Crippen molar-refractivity contribution in [1.82, 2.24) is 0 Å². The molecule has 0 amide bonds. The van der Waals surface area contributed by atoms with Crippen LogP contribution >= 0.6 is 11.3 Å². The Morgan fingerprint density at radius 3 is 2.36 bits per heavy atom. The Kier molecular flexibility index (Phi) is 1.95. The maximum absolute atomic E-state index is 12.5. The van der Waals surface area contributed by atoms with Crippen molar-refractivity contribution in [2.24, 2.45) is 5.14 Å². The van der Waals surface area contributed by atoms with Gasteiger partial charge in [0.1, 0.15) is 9.92 Å². The Hall–Kier alpha value is -0.530. The number of hydrogen-bond acceptors (Lipinski definition) is 3. The molecule has 3 N–H and O–H groups in total. The van der Waals surface area contributed by atoms with Crippen molar-refractivity contribution in [3.63, 3.8) is 0 Å². The lowest BCUT2D eigenvalue weighted by atomic mass is 10.6. The standard InChI is InChI=1S/C4H4F2N2OS2/c5-2-1-10-4(3(2)6)11(7,8)9/h1H,(H3,7,8,9). The van der Waals surface area contributed by atoms with Crippen LogP contribution in [0, 0.1) is 16.4 Å². The minimum absolute atomic E-state index is 0.545. The molecule has 0 saturated heterocycles. The summed E-state index contributed by atoms with van der Waals surface area (Å²) in [5.74, 6) is -2.40. The second kappa shape index (κ2) is 2.50. The normalized spacial score (nSPS) is 16.3. The third-order valence-corrected chi connectivity index (χ3v) is 3.41. The van der Waals surface area contributed by atoms with Gasteiger partial charge < -0.3 is 0 Å². The van der Waals surface area contributed by atoms with E-state index in [0.717, 1.165) is 5.38 Å². The van der Waals surface area contributed by atoms with Crippen molar-refractivity contribution < 1.29 is 13.0 Å². The quantitative estimate of drug-likeness (QED) is 0.701. The first-order valence-electron chi connectivity index (χ1n) is 2.42. The van der Waals surface area contributed by atoms with Gasteiger partial charge in [-0.3, -0.25) is 0 Å². The second-order valence-corrected chi connectivity index (χ2v) is 4.53. The molecular weight excluding hydrogens is 194 g/mol. The molecule has 1 rings (SSSR count). The van der Waals surface area contributed by atoms with E-state index in [0.29, 0.717) is 11.3 Å². The van der Waals surface area contributed by atoms with E-state index in [1.807, 2.05) is 0 Å². The Morgan fingerprint density at radius 1 is 1.64 bits per heavy atom. The van der Waals surface area contributed by atoms with Crippen LogP contribution in [0.4, 0.5) is 8.78 Å². The Balaban J connectivity index is 3.38. The fourth-order valence-electron chi connectivity index (χ4n) is 0.511. The minimum atomic E-state index is -3.61. The second-order valence-electron chi connectivity index (χ2n) is 1.79. The summed E-state index contributed by atoms with van der Waals surface area (Å²) >= 11 is 0.545. The average Bonchev–Trinajstić information content (AvgIpc) is 2.11. The van der Waals surface area contributed by atoms with E-state index >= 15 is 0 Å². The molecule has 11 heavy (non-hydrogen) atoms. The van der Waals surface area contributed by atoms with E-state index in [1.54, 1.807) is 0 Å². The van der Waals surface area contributed by atoms with Gasteiger partial charge in [0, 0.05) is 5.38 Å². The maximum atomic E-state index is 12.5. The van der Waals surface area contributed by atoms with Crippen molar-refractivity contribution in [3.8, 4) is 0 Å². The lowest BCUT2D eigenvalue weighted by Crippen LogP contribution is -2.10.